The van der Waals surface area contributed by atoms with Gasteiger partial charge in [-0.3, -0.25) is 0 Å². The van der Waals surface area contributed by atoms with E-state index in [9.17, 15) is 0 Å². The summed E-state index contributed by atoms with van der Waals surface area (Å²) >= 11 is 1.51. The summed E-state index contributed by atoms with van der Waals surface area (Å²) in [6.45, 7) is 0. The Hall–Kier alpha value is -1.64. The van der Waals surface area contributed by atoms with Gasteiger partial charge in [-0.05, 0) is 50.2 Å². The monoisotopic (exact) mass is 298 g/mol. The number of anilines is 1. The molecule has 108 valence electrons. The van der Waals surface area contributed by atoms with Gasteiger partial charge in [0.15, 0.2) is 0 Å². The largest absolute Gasteiger partial charge is 0.367 e. The summed E-state index contributed by atoms with van der Waals surface area (Å²) in [4.78, 5) is 7.81. The van der Waals surface area contributed by atoms with Crippen molar-refractivity contribution in [1.82, 2.24) is 9.88 Å². The number of hydrogen-bond acceptors (Lipinski definition) is 5. The molecule has 2 bridgehead atoms. The van der Waals surface area contributed by atoms with E-state index in [-0.39, 0.29) is 0 Å². The Balaban J connectivity index is 1.53. The molecule has 4 nitrogen and oxygen atoms in total. The molecule has 5 heteroatoms. The van der Waals surface area contributed by atoms with Crippen LogP contribution in [0.3, 0.4) is 0 Å². The maximum atomic E-state index is 8.98. The number of thiophene rings is 1. The molecular weight excluding hydrogens is 280 g/mol. The molecule has 2 aromatic rings. The van der Waals surface area contributed by atoms with E-state index in [4.69, 9.17) is 5.26 Å². The second kappa shape index (κ2) is 4.97. The molecule has 0 aliphatic carbocycles. The van der Waals surface area contributed by atoms with Crippen molar-refractivity contribution in [2.75, 3.05) is 12.4 Å². The van der Waals surface area contributed by atoms with Gasteiger partial charge in [-0.25, -0.2) is 4.98 Å². The molecule has 21 heavy (non-hydrogen) atoms. The van der Waals surface area contributed by atoms with E-state index in [1.165, 1.54) is 37.0 Å². The normalized spacial score (nSPS) is 28.7. The lowest BCUT2D eigenvalue weighted by atomic mass is 9.98. The zero-order valence-electron chi connectivity index (χ0n) is 12.0. The van der Waals surface area contributed by atoms with Crippen molar-refractivity contribution in [3.63, 3.8) is 0 Å². The molecule has 0 spiro atoms. The number of pyridine rings is 1. The first-order valence-corrected chi connectivity index (χ1v) is 8.33. The van der Waals surface area contributed by atoms with Gasteiger partial charge < -0.3 is 10.2 Å². The van der Waals surface area contributed by atoms with Crippen LogP contribution < -0.4 is 5.32 Å². The number of nitriles is 1. The first-order chi connectivity index (χ1) is 10.2. The highest BCUT2D eigenvalue weighted by Gasteiger charge is 2.38. The molecule has 0 amide bonds. The number of rotatable bonds is 2. The van der Waals surface area contributed by atoms with Crippen LogP contribution in [0.1, 0.15) is 30.6 Å². The van der Waals surface area contributed by atoms with Gasteiger partial charge in [0.05, 0.1) is 4.70 Å². The molecule has 4 rings (SSSR count). The summed E-state index contributed by atoms with van der Waals surface area (Å²) in [5, 5.41) is 13.7. The van der Waals surface area contributed by atoms with Crippen LogP contribution in [0.5, 0.6) is 0 Å². The van der Waals surface area contributed by atoms with Gasteiger partial charge in [-0.15, -0.1) is 11.3 Å². The van der Waals surface area contributed by atoms with E-state index in [0.29, 0.717) is 6.04 Å². The Morgan fingerprint density at radius 2 is 2.10 bits per heavy atom. The Morgan fingerprint density at radius 1 is 1.33 bits per heavy atom. The van der Waals surface area contributed by atoms with Crippen LogP contribution in [-0.2, 0) is 0 Å². The van der Waals surface area contributed by atoms with Crippen molar-refractivity contribution < 1.29 is 0 Å². The summed E-state index contributed by atoms with van der Waals surface area (Å²) in [6.07, 6.45) is 6.97. The lowest BCUT2D eigenvalue weighted by Crippen LogP contribution is -2.44. The number of aromatic nitrogens is 1. The lowest BCUT2D eigenvalue weighted by Gasteiger charge is -2.36. The van der Waals surface area contributed by atoms with Gasteiger partial charge in [0, 0.05) is 24.3 Å². The van der Waals surface area contributed by atoms with E-state index in [0.717, 1.165) is 32.9 Å². The minimum Gasteiger partial charge on any atom is -0.367 e. The van der Waals surface area contributed by atoms with Crippen LogP contribution in [0.15, 0.2) is 18.3 Å². The minimum atomic E-state index is 0.526. The molecule has 2 aliphatic heterocycles. The van der Waals surface area contributed by atoms with E-state index < -0.39 is 0 Å². The fourth-order valence-corrected chi connectivity index (χ4v) is 4.63. The van der Waals surface area contributed by atoms with Crippen LogP contribution in [0, 0.1) is 11.3 Å². The molecule has 0 radical (unpaired) electrons. The predicted molar refractivity (Wildman–Crippen MR) is 85.6 cm³/mol. The minimum absolute atomic E-state index is 0.526. The van der Waals surface area contributed by atoms with Gasteiger partial charge in [-0.2, -0.15) is 5.26 Å². The summed E-state index contributed by atoms with van der Waals surface area (Å²) in [5.74, 6) is 0.943. The van der Waals surface area contributed by atoms with Crippen molar-refractivity contribution in [2.24, 2.45) is 0 Å². The highest BCUT2D eigenvalue weighted by Crippen LogP contribution is 2.35. The molecular formula is C16H18N4S. The number of nitrogens with zero attached hydrogens (tertiary/aromatic N) is 3. The van der Waals surface area contributed by atoms with Crippen LogP contribution >= 0.6 is 11.3 Å². The van der Waals surface area contributed by atoms with Gasteiger partial charge in [0.25, 0.3) is 0 Å². The number of piperidine rings is 1. The van der Waals surface area contributed by atoms with Crippen molar-refractivity contribution in [3.8, 4) is 6.07 Å². The van der Waals surface area contributed by atoms with Crippen molar-refractivity contribution in [3.05, 3.63) is 23.2 Å². The SMILES string of the molecule is CN1C2CC[C@@H]1CC(Nc1cc3cc(C#N)sc3cn1)C2. The van der Waals surface area contributed by atoms with Gasteiger partial charge in [0.1, 0.15) is 16.8 Å². The highest BCUT2D eigenvalue weighted by atomic mass is 32.1. The van der Waals surface area contributed by atoms with Gasteiger partial charge in [-0.1, -0.05) is 0 Å². The Kier molecular flexibility index (Phi) is 3.09. The van der Waals surface area contributed by atoms with E-state index in [1.807, 2.05) is 12.3 Å². The number of fused-ring (bicyclic) bond motifs is 3. The van der Waals surface area contributed by atoms with Gasteiger partial charge >= 0.3 is 0 Å². The Morgan fingerprint density at radius 3 is 2.81 bits per heavy atom. The quantitative estimate of drug-likeness (QED) is 0.925. The molecule has 2 saturated heterocycles. The zero-order chi connectivity index (χ0) is 14.4. The Labute approximate surface area is 128 Å². The third-order valence-corrected chi connectivity index (χ3v) is 5.95. The van der Waals surface area contributed by atoms with Gasteiger partial charge in [0.2, 0.25) is 0 Å². The highest BCUT2D eigenvalue weighted by molar-refractivity contribution is 7.19. The number of nitrogens with one attached hydrogen (secondary N) is 1. The molecule has 0 aromatic carbocycles. The summed E-state index contributed by atoms with van der Waals surface area (Å²) in [7, 11) is 2.26. The fraction of sp³-hybridized carbons (Fsp3) is 0.500. The van der Waals surface area contributed by atoms with Crippen LogP contribution in [0.2, 0.25) is 0 Å². The fourth-order valence-electron chi connectivity index (χ4n) is 3.82. The third kappa shape index (κ3) is 2.29. The third-order valence-electron chi connectivity index (χ3n) is 4.96. The topological polar surface area (TPSA) is 52.0 Å². The average molecular weight is 298 g/mol. The second-order valence-corrected chi connectivity index (χ2v) is 7.28. The number of hydrogen-bond donors (Lipinski definition) is 1. The average Bonchev–Trinajstić information content (AvgIpc) is 2.96. The van der Waals surface area contributed by atoms with E-state index in [1.54, 1.807) is 0 Å². The molecule has 0 saturated carbocycles. The van der Waals surface area contributed by atoms with Crippen molar-refractivity contribution in [2.45, 2.75) is 43.8 Å². The second-order valence-electron chi connectivity index (χ2n) is 6.19. The predicted octanol–water partition coefficient (Wildman–Crippen LogP) is 3.21. The first-order valence-electron chi connectivity index (χ1n) is 7.51. The molecule has 2 fully saturated rings. The standard InChI is InChI=1S/C16H18N4S/c1-20-12-2-3-13(20)7-11(6-12)19-16-5-10-4-14(8-17)21-15(10)9-18-16/h4-5,9,11-13H,2-3,6-7H2,1H3,(H,18,19)/t11?,12-,13?/m1/s1. The lowest BCUT2D eigenvalue weighted by molar-refractivity contribution is 0.169. The van der Waals surface area contributed by atoms with Crippen LogP contribution in [0.4, 0.5) is 5.82 Å². The van der Waals surface area contributed by atoms with Crippen LogP contribution in [0.25, 0.3) is 10.1 Å². The molecule has 2 aliphatic rings. The molecule has 2 unspecified atom stereocenters. The van der Waals surface area contributed by atoms with E-state index >= 15 is 0 Å². The zero-order valence-corrected chi connectivity index (χ0v) is 12.9. The molecule has 4 heterocycles. The van der Waals surface area contributed by atoms with Crippen molar-refractivity contribution >= 4 is 27.2 Å². The van der Waals surface area contributed by atoms with E-state index in [2.05, 4.69) is 34.4 Å². The van der Waals surface area contributed by atoms with Crippen LogP contribution in [-0.4, -0.2) is 35.1 Å². The maximum absolute atomic E-state index is 8.98. The summed E-state index contributed by atoms with van der Waals surface area (Å²) in [5.41, 5.74) is 0. The summed E-state index contributed by atoms with van der Waals surface area (Å²) in [6, 6.07) is 8.22. The molecule has 2 aromatic heterocycles. The molecule has 3 atom stereocenters. The maximum Gasteiger partial charge on any atom is 0.126 e. The van der Waals surface area contributed by atoms with Crippen molar-refractivity contribution in [1.29, 1.82) is 5.26 Å². The molecule has 1 N–H and O–H groups in total. The first kappa shape index (κ1) is 13.1. The summed E-state index contributed by atoms with van der Waals surface area (Å²) < 4.78 is 1.08. The Bertz CT molecular complexity index is 703. The smallest absolute Gasteiger partial charge is 0.126 e.